The van der Waals surface area contributed by atoms with E-state index >= 15 is 0 Å². The summed E-state index contributed by atoms with van der Waals surface area (Å²) in [5, 5.41) is 0.683. The van der Waals surface area contributed by atoms with E-state index in [4.69, 9.17) is 11.6 Å². The van der Waals surface area contributed by atoms with Crippen LogP contribution < -0.4 is 0 Å². The van der Waals surface area contributed by atoms with Gasteiger partial charge >= 0.3 is 0 Å². The fourth-order valence-electron chi connectivity index (χ4n) is 1.74. The third-order valence-corrected chi connectivity index (χ3v) is 4.08. The predicted molar refractivity (Wildman–Crippen MR) is 80.9 cm³/mol. The lowest BCUT2D eigenvalue weighted by Gasteiger charge is -2.11. The van der Waals surface area contributed by atoms with Crippen molar-refractivity contribution < 1.29 is 4.39 Å². The Morgan fingerprint density at radius 3 is 2.61 bits per heavy atom. The van der Waals surface area contributed by atoms with Crippen LogP contribution in [0.15, 0.2) is 46.9 Å². The Morgan fingerprint density at radius 2 is 1.94 bits per heavy atom. The zero-order valence-corrected chi connectivity index (χ0v) is 13.3. The van der Waals surface area contributed by atoms with Gasteiger partial charge in [0.2, 0.25) is 0 Å². The molecule has 0 aliphatic carbocycles. The number of hydrogen-bond acceptors (Lipinski definition) is 0. The summed E-state index contributed by atoms with van der Waals surface area (Å²) in [5.74, 6) is -0.209. The molecular weight excluding hydrogens is 382 g/mol. The monoisotopic (exact) mass is 390 g/mol. The molecule has 0 saturated heterocycles. The minimum atomic E-state index is -0.209. The van der Waals surface area contributed by atoms with E-state index in [1.165, 1.54) is 6.07 Å². The van der Waals surface area contributed by atoms with Crippen molar-refractivity contribution in [1.82, 2.24) is 0 Å². The fourth-order valence-corrected chi connectivity index (χ4v) is 3.27. The van der Waals surface area contributed by atoms with Gasteiger partial charge in [-0.2, -0.15) is 0 Å². The molecular formula is C14H10Br2ClF. The van der Waals surface area contributed by atoms with Crippen LogP contribution in [0.5, 0.6) is 0 Å². The molecule has 0 aliphatic rings. The molecule has 0 heterocycles. The predicted octanol–water partition coefficient (Wildman–Crippen LogP) is 5.92. The van der Waals surface area contributed by atoms with Gasteiger partial charge < -0.3 is 0 Å². The van der Waals surface area contributed by atoms with E-state index < -0.39 is 0 Å². The largest absolute Gasteiger partial charge is 0.207 e. The van der Waals surface area contributed by atoms with E-state index in [0.29, 0.717) is 11.4 Å². The molecule has 0 amide bonds. The maximum atomic E-state index is 13.1. The molecule has 0 nitrogen and oxygen atoms in total. The van der Waals surface area contributed by atoms with Crippen LogP contribution in [0.25, 0.3) is 0 Å². The summed E-state index contributed by atoms with van der Waals surface area (Å²) < 4.78 is 14.0. The quantitative estimate of drug-likeness (QED) is 0.569. The average molecular weight is 392 g/mol. The van der Waals surface area contributed by atoms with Gasteiger partial charge in [-0.25, -0.2) is 4.39 Å². The molecule has 2 aromatic carbocycles. The van der Waals surface area contributed by atoms with Crippen molar-refractivity contribution in [3.8, 4) is 0 Å². The molecule has 1 atom stereocenters. The molecule has 0 spiro atoms. The van der Waals surface area contributed by atoms with Crippen molar-refractivity contribution in [3.05, 3.63) is 68.9 Å². The van der Waals surface area contributed by atoms with E-state index in [9.17, 15) is 4.39 Å². The van der Waals surface area contributed by atoms with Gasteiger partial charge in [-0.05, 0) is 47.9 Å². The number of rotatable bonds is 3. The van der Waals surface area contributed by atoms with Gasteiger partial charge in [-0.3, -0.25) is 0 Å². The Bertz CT molecular complexity index is 537. The molecule has 0 aliphatic heterocycles. The summed E-state index contributed by atoms with van der Waals surface area (Å²) in [6.45, 7) is 0. The highest BCUT2D eigenvalue weighted by Gasteiger charge is 2.10. The van der Waals surface area contributed by atoms with E-state index in [0.717, 1.165) is 15.6 Å². The lowest BCUT2D eigenvalue weighted by molar-refractivity contribution is 0.625. The molecule has 0 aromatic heterocycles. The van der Waals surface area contributed by atoms with Crippen molar-refractivity contribution in [1.29, 1.82) is 0 Å². The van der Waals surface area contributed by atoms with Gasteiger partial charge in [0.05, 0.1) is 0 Å². The maximum absolute atomic E-state index is 13.1. The average Bonchev–Trinajstić information content (AvgIpc) is 2.27. The van der Waals surface area contributed by atoms with Gasteiger partial charge in [-0.15, -0.1) is 0 Å². The number of benzene rings is 2. The third-order valence-electron chi connectivity index (χ3n) is 2.55. The Balaban J connectivity index is 2.19. The minimum absolute atomic E-state index is 0.106. The zero-order chi connectivity index (χ0) is 13.1. The first-order chi connectivity index (χ1) is 8.54. The summed E-state index contributed by atoms with van der Waals surface area (Å²) in [5.41, 5.74) is 2.02. The fraction of sp³-hybridized carbons (Fsp3) is 0.143. The molecule has 0 saturated carbocycles. The first-order valence-corrected chi connectivity index (χ1v) is 7.48. The molecule has 0 bridgehead atoms. The van der Waals surface area contributed by atoms with Crippen molar-refractivity contribution >= 4 is 43.5 Å². The van der Waals surface area contributed by atoms with Gasteiger partial charge in [-0.1, -0.05) is 55.6 Å². The SMILES string of the molecule is Fc1cccc(CC(Br)c2cc(Cl)cc(Br)c2)c1. The topological polar surface area (TPSA) is 0 Å². The lowest BCUT2D eigenvalue weighted by Crippen LogP contribution is -1.96. The lowest BCUT2D eigenvalue weighted by atomic mass is 10.0. The molecule has 0 N–H and O–H groups in total. The van der Waals surface area contributed by atoms with Crippen LogP contribution in [0.4, 0.5) is 4.39 Å². The van der Waals surface area contributed by atoms with Crippen LogP contribution in [0.2, 0.25) is 5.02 Å². The second-order valence-corrected chi connectivity index (χ2v) is 6.46. The van der Waals surface area contributed by atoms with Crippen molar-refractivity contribution in [2.75, 3.05) is 0 Å². The van der Waals surface area contributed by atoms with E-state index in [-0.39, 0.29) is 10.6 Å². The Hall–Kier alpha value is -0.380. The van der Waals surface area contributed by atoms with Gasteiger partial charge in [0, 0.05) is 14.3 Å². The molecule has 94 valence electrons. The first-order valence-electron chi connectivity index (χ1n) is 5.39. The van der Waals surface area contributed by atoms with Crippen LogP contribution >= 0.6 is 43.5 Å². The van der Waals surface area contributed by atoms with E-state index in [1.807, 2.05) is 24.3 Å². The molecule has 2 aromatic rings. The molecule has 0 radical (unpaired) electrons. The van der Waals surface area contributed by atoms with Crippen molar-refractivity contribution in [2.24, 2.45) is 0 Å². The smallest absolute Gasteiger partial charge is 0.123 e. The van der Waals surface area contributed by atoms with E-state index in [1.54, 1.807) is 12.1 Å². The van der Waals surface area contributed by atoms with Gasteiger partial charge in [0.1, 0.15) is 5.82 Å². The van der Waals surface area contributed by atoms with Gasteiger partial charge in [0.15, 0.2) is 0 Å². The molecule has 1 unspecified atom stereocenters. The Labute approximate surface area is 127 Å². The highest BCUT2D eigenvalue weighted by molar-refractivity contribution is 9.10. The molecule has 4 heteroatoms. The summed E-state index contributed by atoms with van der Waals surface area (Å²) in [7, 11) is 0. The highest BCUT2D eigenvalue weighted by atomic mass is 79.9. The summed E-state index contributed by atoms with van der Waals surface area (Å²) >= 11 is 13.0. The van der Waals surface area contributed by atoms with Crippen LogP contribution in [0.3, 0.4) is 0 Å². The van der Waals surface area contributed by atoms with Crippen LogP contribution in [0.1, 0.15) is 16.0 Å². The zero-order valence-electron chi connectivity index (χ0n) is 9.34. The normalized spacial score (nSPS) is 12.4. The second-order valence-electron chi connectivity index (χ2n) is 4.00. The third kappa shape index (κ3) is 3.81. The molecule has 0 fully saturated rings. The Kier molecular flexibility index (Phi) is 4.82. The number of hydrogen-bond donors (Lipinski definition) is 0. The second kappa shape index (κ2) is 6.18. The molecule has 2 rings (SSSR count). The van der Waals surface area contributed by atoms with Gasteiger partial charge in [0.25, 0.3) is 0 Å². The van der Waals surface area contributed by atoms with E-state index in [2.05, 4.69) is 31.9 Å². The standard InChI is InChI=1S/C14H10Br2ClF/c15-11-6-10(7-12(17)8-11)14(16)5-9-2-1-3-13(18)4-9/h1-4,6-8,14H,5H2. The van der Waals surface area contributed by atoms with Crippen molar-refractivity contribution in [2.45, 2.75) is 11.2 Å². The van der Waals surface area contributed by atoms with Crippen molar-refractivity contribution in [3.63, 3.8) is 0 Å². The first kappa shape index (κ1) is 14.0. The highest BCUT2D eigenvalue weighted by Crippen LogP contribution is 2.31. The van der Waals surface area contributed by atoms with Crippen LogP contribution in [-0.4, -0.2) is 0 Å². The summed E-state index contributed by atoms with van der Waals surface area (Å²) in [4.78, 5) is 0.106. The summed E-state index contributed by atoms with van der Waals surface area (Å²) in [6, 6.07) is 12.4. The van der Waals surface area contributed by atoms with Crippen LogP contribution in [-0.2, 0) is 6.42 Å². The maximum Gasteiger partial charge on any atom is 0.123 e. The molecule has 18 heavy (non-hydrogen) atoms. The number of halogens is 4. The minimum Gasteiger partial charge on any atom is -0.207 e. The summed E-state index contributed by atoms with van der Waals surface area (Å²) in [6.07, 6.45) is 0.713. The Morgan fingerprint density at radius 1 is 1.17 bits per heavy atom. The number of alkyl halides is 1. The van der Waals surface area contributed by atoms with Crippen LogP contribution in [0, 0.1) is 5.82 Å².